The van der Waals surface area contributed by atoms with Crippen LogP contribution in [0.1, 0.15) is 37.7 Å². The molecular weight excluding hydrogens is 212 g/mol. The molecular formula is C13H22N4. The van der Waals surface area contributed by atoms with Crippen molar-refractivity contribution in [1.82, 2.24) is 9.88 Å². The van der Waals surface area contributed by atoms with Gasteiger partial charge in [0.15, 0.2) is 0 Å². The van der Waals surface area contributed by atoms with Gasteiger partial charge in [0.05, 0.1) is 0 Å². The molecule has 2 rings (SSSR count). The Balaban J connectivity index is 1.88. The Morgan fingerprint density at radius 3 is 2.41 bits per heavy atom. The van der Waals surface area contributed by atoms with E-state index < -0.39 is 0 Å². The van der Waals surface area contributed by atoms with Gasteiger partial charge >= 0.3 is 0 Å². The molecule has 0 aliphatic carbocycles. The van der Waals surface area contributed by atoms with Crippen molar-refractivity contribution in [3.8, 4) is 0 Å². The van der Waals surface area contributed by atoms with Gasteiger partial charge in [0, 0.05) is 12.7 Å². The fourth-order valence-electron chi connectivity index (χ4n) is 2.33. The van der Waals surface area contributed by atoms with Crippen molar-refractivity contribution in [2.45, 2.75) is 38.6 Å². The van der Waals surface area contributed by atoms with E-state index in [9.17, 15) is 0 Å². The second kappa shape index (κ2) is 6.57. The van der Waals surface area contributed by atoms with Crippen LogP contribution in [0.4, 0.5) is 5.82 Å². The van der Waals surface area contributed by atoms with E-state index >= 15 is 0 Å². The molecule has 1 aliphatic rings. The minimum atomic E-state index is 0.724. The number of hydrazine groups is 1. The van der Waals surface area contributed by atoms with Crippen LogP contribution >= 0.6 is 0 Å². The largest absolute Gasteiger partial charge is 0.308 e. The van der Waals surface area contributed by atoms with E-state index in [-0.39, 0.29) is 0 Å². The second-order valence-electron chi connectivity index (χ2n) is 4.74. The predicted molar refractivity (Wildman–Crippen MR) is 70.4 cm³/mol. The molecule has 0 unspecified atom stereocenters. The van der Waals surface area contributed by atoms with Crippen LogP contribution in [0, 0.1) is 0 Å². The zero-order valence-corrected chi connectivity index (χ0v) is 10.4. The van der Waals surface area contributed by atoms with Crippen LogP contribution in [0.15, 0.2) is 18.3 Å². The Bertz CT molecular complexity index is 315. The summed E-state index contributed by atoms with van der Waals surface area (Å²) < 4.78 is 0. The molecule has 2 heterocycles. The highest BCUT2D eigenvalue weighted by Gasteiger charge is 2.08. The zero-order valence-electron chi connectivity index (χ0n) is 10.4. The summed E-state index contributed by atoms with van der Waals surface area (Å²) in [5, 5.41) is 0. The number of hydrogen-bond acceptors (Lipinski definition) is 4. The van der Waals surface area contributed by atoms with Crippen LogP contribution in [0.25, 0.3) is 0 Å². The Morgan fingerprint density at radius 1 is 1.12 bits per heavy atom. The number of likely N-dealkylation sites (tertiary alicyclic amines) is 1. The number of nitrogens with two attached hydrogens (primary N) is 1. The number of aromatic nitrogens is 1. The van der Waals surface area contributed by atoms with Crippen LogP contribution in [0.2, 0.25) is 0 Å². The van der Waals surface area contributed by atoms with Crippen molar-refractivity contribution in [1.29, 1.82) is 0 Å². The molecule has 0 aromatic carbocycles. The molecule has 0 saturated carbocycles. The summed E-state index contributed by atoms with van der Waals surface area (Å²) in [5.74, 6) is 6.02. The lowest BCUT2D eigenvalue weighted by molar-refractivity contribution is 0.239. The lowest BCUT2D eigenvalue weighted by atomic mass is 10.1. The Morgan fingerprint density at radius 2 is 1.82 bits per heavy atom. The number of pyridine rings is 1. The maximum atomic E-state index is 5.30. The van der Waals surface area contributed by atoms with Gasteiger partial charge in [-0.1, -0.05) is 25.3 Å². The summed E-state index contributed by atoms with van der Waals surface area (Å²) in [6.07, 6.45) is 8.74. The third kappa shape index (κ3) is 3.98. The van der Waals surface area contributed by atoms with E-state index in [1.165, 1.54) is 50.8 Å². The zero-order chi connectivity index (χ0) is 11.9. The third-order valence-electron chi connectivity index (χ3n) is 3.33. The van der Waals surface area contributed by atoms with Crippen molar-refractivity contribution in [2.24, 2.45) is 5.84 Å². The summed E-state index contributed by atoms with van der Waals surface area (Å²) in [4.78, 5) is 6.78. The second-order valence-corrected chi connectivity index (χ2v) is 4.74. The summed E-state index contributed by atoms with van der Waals surface area (Å²) in [6.45, 7) is 3.45. The standard InChI is InChI=1S/C13H22N4/c14-16-13-7-6-12(10-15-13)11-17-8-4-2-1-3-5-9-17/h6-7,10H,1-5,8-9,11,14H2,(H,15,16). The van der Waals surface area contributed by atoms with Crippen LogP contribution in [-0.4, -0.2) is 23.0 Å². The normalized spacial score (nSPS) is 18.4. The van der Waals surface area contributed by atoms with Gasteiger partial charge in [0.2, 0.25) is 0 Å². The highest BCUT2D eigenvalue weighted by Crippen LogP contribution is 2.13. The topological polar surface area (TPSA) is 54.2 Å². The molecule has 94 valence electrons. The highest BCUT2D eigenvalue weighted by molar-refractivity contribution is 5.33. The summed E-state index contributed by atoms with van der Waals surface area (Å²) >= 11 is 0. The number of nitrogen functional groups attached to an aromatic ring is 1. The van der Waals surface area contributed by atoms with E-state index in [0.29, 0.717) is 0 Å². The van der Waals surface area contributed by atoms with Gasteiger partial charge in [0.25, 0.3) is 0 Å². The number of anilines is 1. The fraction of sp³-hybridized carbons (Fsp3) is 0.615. The Hall–Kier alpha value is -1.13. The van der Waals surface area contributed by atoms with Crippen molar-refractivity contribution in [3.63, 3.8) is 0 Å². The smallest absolute Gasteiger partial charge is 0.139 e. The SMILES string of the molecule is NNc1ccc(CN2CCCCCCC2)cn1. The first-order valence-electron chi connectivity index (χ1n) is 6.52. The van der Waals surface area contributed by atoms with Crippen molar-refractivity contribution in [2.75, 3.05) is 18.5 Å². The lowest BCUT2D eigenvalue weighted by Gasteiger charge is -2.24. The maximum absolute atomic E-state index is 5.30. The molecule has 1 aromatic rings. The van der Waals surface area contributed by atoms with E-state index in [4.69, 9.17) is 5.84 Å². The first kappa shape index (κ1) is 12.3. The first-order chi connectivity index (χ1) is 8.38. The van der Waals surface area contributed by atoms with Crippen LogP contribution in [-0.2, 0) is 6.54 Å². The molecule has 0 amide bonds. The maximum Gasteiger partial charge on any atom is 0.139 e. The van der Waals surface area contributed by atoms with Gasteiger partial charge < -0.3 is 5.43 Å². The Labute approximate surface area is 103 Å². The average molecular weight is 234 g/mol. The van der Waals surface area contributed by atoms with E-state index in [0.717, 1.165) is 12.4 Å². The van der Waals surface area contributed by atoms with Gasteiger partial charge in [-0.15, -0.1) is 0 Å². The molecule has 1 fully saturated rings. The van der Waals surface area contributed by atoms with Gasteiger partial charge in [-0.3, -0.25) is 4.90 Å². The molecule has 1 saturated heterocycles. The molecule has 0 spiro atoms. The Kier molecular flexibility index (Phi) is 4.76. The van der Waals surface area contributed by atoms with Gasteiger partial charge in [0.1, 0.15) is 5.82 Å². The summed E-state index contributed by atoms with van der Waals surface area (Å²) in [6, 6.07) is 4.03. The molecule has 0 radical (unpaired) electrons. The third-order valence-corrected chi connectivity index (χ3v) is 3.33. The van der Waals surface area contributed by atoms with E-state index in [1.807, 2.05) is 12.3 Å². The average Bonchev–Trinajstić information content (AvgIpc) is 2.33. The molecule has 1 aliphatic heterocycles. The molecule has 4 nitrogen and oxygen atoms in total. The number of hydrogen-bond donors (Lipinski definition) is 2. The molecule has 4 heteroatoms. The molecule has 0 bridgehead atoms. The lowest BCUT2D eigenvalue weighted by Crippen LogP contribution is -2.26. The minimum Gasteiger partial charge on any atom is -0.308 e. The molecule has 17 heavy (non-hydrogen) atoms. The summed E-state index contributed by atoms with van der Waals surface area (Å²) in [5.41, 5.74) is 3.82. The number of rotatable bonds is 3. The molecule has 1 aromatic heterocycles. The molecule has 3 N–H and O–H groups in total. The van der Waals surface area contributed by atoms with Crippen molar-refractivity contribution < 1.29 is 0 Å². The quantitative estimate of drug-likeness (QED) is 0.621. The van der Waals surface area contributed by atoms with Crippen LogP contribution < -0.4 is 11.3 Å². The van der Waals surface area contributed by atoms with Gasteiger partial charge in [-0.05, 0) is 37.6 Å². The first-order valence-corrected chi connectivity index (χ1v) is 6.52. The minimum absolute atomic E-state index is 0.724. The molecule has 0 atom stereocenters. The van der Waals surface area contributed by atoms with Gasteiger partial charge in [-0.2, -0.15) is 0 Å². The predicted octanol–water partition coefficient (Wildman–Crippen LogP) is 2.13. The van der Waals surface area contributed by atoms with Crippen LogP contribution in [0.5, 0.6) is 0 Å². The van der Waals surface area contributed by atoms with Crippen molar-refractivity contribution >= 4 is 5.82 Å². The van der Waals surface area contributed by atoms with E-state index in [2.05, 4.69) is 21.4 Å². The summed E-state index contributed by atoms with van der Waals surface area (Å²) in [7, 11) is 0. The fourth-order valence-corrected chi connectivity index (χ4v) is 2.33. The van der Waals surface area contributed by atoms with Crippen LogP contribution in [0.3, 0.4) is 0 Å². The number of nitrogens with zero attached hydrogens (tertiary/aromatic N) is 2. The monoisotopic (exact) mass is 234 g/mol. The number of nitrogens with one attached hydrogen (secondary N) is 1. The van der Waals surface area contributed by atoms with E-state index in [1.54, 1.807) is 0 Å². The van der Waals surface area contributed by atoms with Gasteiger partial charge in [-0.25, -0.2) is 10.8 Å². The van der Waals surface area contributed by atoms with Crippen molar-refractivity contribution in [3.05, 3.63) is 23.9 Å². The highest BCUT2D eigenvalue weighted by atomic mass is 15.2.